The molecular formula is C24H23N5O3. The van der Waals surface area contributed by atoms with Crippen LogP contribution in [0.5, 0.6) is 5.88 Å². The van der Waals surface area contributed by atoms with Gasteiger partial charge in [0, 0.05) is 48.7 Å². The standard InChI is InChI=1S/C24H23N5O3/c1-17-3-2-4-19(13-17)21(30)16-32-23-15-24(28-9-11-31-12-10-28)29-22(26-23)14-20(27-29)18-5-7-25-8-6-18/h2-8,13-15H,9-12,16H2,1H3. The average Bonchev–Trinajstić information content (AvgIpc) is 3.27. The lowest BCUT2D eigenvalue weighted by Gasteiger charge is -2.29. The van der Waals surface area contributed by atoms with Crippen LogP contribution in [0.25, 0.3) is 16.9 Å². The van der Waals surface area contributed by atoms with E-state index in [9.17, 15) is 4.79 Å². The second kappa shape index (κ2) is 8.76. The molecule has 4 heterocycles. The number of ether oxygens (including phenoxy) is 2. The van der Waals surface area contributed by atoms with Gasteiger partial charge in [-0.25, -0.2) is 0 Å². The Balaban J connectivity index is 1.47. The minimum atomic E-state index is -0.0886. The lowest BCUT2D eigenvalue weighted by molar-refractivity contribution is 0.0918. The summed E-state index contributed by atoms with van der Waals surface area (Å²) in [5.41, 5.74) is 4.06. The van der Waals surface area contributed by atoms with Gasteiger partial charge in [0.15, 0.2) is 18.0 Å². The van der Waals surface area contributed by atoms with Crippen LogP contribution in [0, 0.1) is 6.92 Å². The van der Waals surface area contributed by atoms with E-state index >= 15 is 0 Å². The van der Waals surface area contributed by atoms with Crippen LogP contribution in [0.2, 0.25) is 0 Å². The molecule has 0 amide bonds. The normalized spacial score (nSPS) is 14.0. The molecule has 3 aromatic heterocycles. The summed E-state index contributed by atoms with van der Waals surface area (Å²) in [4.78, 5) is 23.5. The van der Waals surface area contributed by atoms with Gasteiger partial charge in [0.1, 0.15) is 5.82 Å². The Kier molecular flexibility index (Phi) is 5.51. The summed E-state index contributed by atoms with van der Waals surface area (Å²) >= 11 is 0. The van der Waals surface area contributed by atoms with Crippen molar-refractivity contribution >= 4 is 17.2 Å². The summed E-state index contributed by atoms with van der Waals surface area (Å²) in [6.45, 7) is 4.65. The quantitative estimate of drug-likeness (QED) is 0.435. The zero-order valence-corrected chi connectivity index (χ0v) is 17.8. The minimum absolute atomic E-state index is 0.0828. The second-order valence-corrected chi connectivity index (χ2v) is 7.67. The van der Waals surface area contributed by atoms with Crippen LogP contribution in [-0.2, 0) is 4.74 Å². The zero-order valence-electron chi connectivity index (χ0n) is 17.8. The van der Waals surface area contributed by atoms with Crippen molar-refractivity contribution in [2.75, 3.05) is 37.8 Å². The van der Waals surface area contributed by atoms with E-state index in [1.807, 2.05) is 53.9 Å². The van der Waals surface area contributed by atoms with Crippen LogP contribution in [0.15, 0.2) is 60.9 Å². The number of aryl methyl sites for hydroxylation is 1. The molecule has 162 valence electrons. The zero-order chi connectivity index (χ0) is 21.9. The lowest BCUT2D eigenvalue weighted by atomic mass is 10.1. The highest BCUT2D eigenvalue weighted by Crippen LogP contribution is 2.26. The summed E-state index contributed by atoms with van der Waals surface area (Å²) in [5.74, 6) is 1.16. The number of carbonyl (C=O) groups is 1. The third kappa shape index (κ3) is 4.17. The monoisotopic (exact) mass is 429 g/mol. The number of Topliss-reactive ketones (excluding diaryl/α,β-unsaturated/α-hetero) is 1. The van der Waals surface area contributed by atoms with Gasteiger partial charge in [-0.2, -0.15) is 14.6 Å². The van der Waals surface area contributed by atoms with Crippen molar-refractivity contribution in [3.63, 3.8) is 0 Å². The molecule has 0 saturated carbocycles. The first-order chi connectivity index (χ1) is 15.7. The fourth-order valence-electron chi connectivity index (χ4n) is 3.73. The molecule has 1 aliphatic rings. The summed E-state index contributed by atoms with van der Waals surface area (Å²) in [6, 6.07) is 15.1. The van der Waals surface area contributed by atoms with Crippen molar-refractivity contribution in [1.29, 1.82) is 0 Å². The first-order valence-corrected chi connectivity index (χ1v) is 10.5. The van der Waals surface area contributed by atoms with Gasteiger partial charge in [0.05, 0.1) is 18.9 Å². The number of anilines is 1. The first-order valence-electron chi connectivity index (χ1n) is 10.5. The highest BCUT2D eigenvalue weighted by atomic mass is 16.5. The number of pyridine rings is 1. The molecule has 5 rings (SSSR count). The highest BCUT2D eigenvalue weighted by molar-refractivity contribution is 5.97. The van der Waals surface area contributed by atoms with Gasteiger partial charge in [0.2, 0.25) is 5.88 Å². The van der Waals surface area contributed by atoms with E-state index in [4.69, 9.17) is 14.6 Å². The molecule has 0 radical (unpaired) electrons. The summed E-state index contributed by atoms with van der Waals surface area (Å²) in [7, 11) is 0. The van der Waals surface area contributed by atoms with E-state index in [1.54, 1.807) is 18.5 Å². The lowest BCUT2D eigenvalue weighted by Crippen LogP contribution is -2.37. The van der Waals surface area contributed by atoms with Gasteiger partial charge in [-0.1, -0.05) is 23.8 Å². The molecule has 0 bridgehead atoms. The third-order valence-electron chi connectivity index (χ3n) is 5.39. The van der Waals surface area contributed by atoms with Gasteiger partial charge in [-0.15, -0.1) is 0 Å². The molecule has 0 N–H and O–H groups in total. The largest absolute Gasteiger partial charge is 0.469 e. The van der Waals surface area contributed by atoms with Gasteiger partial charge >= 0.3 is 0 Å². The van der Waals surface area contributed by atoms with E-state index in [2.05, 4.69) is 14.9 Å². The van der Waals surface area contributed by atoms with E-state index in [0.29, 0.717) is 30.3 Å². The highest BCUT2D eigenvalue weighted by Gasteiger charge is 2.19. The number of ketones is 1. The topological polar surface area (TPSA) is 81.8 Å². The van der Waals surface area contributed by atoms with Gasteiger partial charge in [-0.3, -0.25) is 9.78 Å². The number of carbonyl (C=O) groups excluding carboxylic acids is 1. The summed E-state index contributed by atoms with van der Waals surface area (Å²) < 4.78 is 13.2. The molecule has 0 atom stereocenters. The number of hydrogen-bond acceptors (Lipinski definition) is 7. The molecule has 1 fully saturated rings. The predicted octanol–water partition coefficient (Wildman–Crippen LogP) is 3.20. The Morgan fingerprint density at radius 1 is 1.09 bits per heavy atom. The van der Waals surface area contributed by atoms with Crippen molar-refractivity contribution < 1.29 is 14.3 Å². The maximum absolute atomic E-state index is 12.6. The number of rotatable bonds is 6. The Labute approximate surface area is 185 Å². The van der Waals surface area contributed by atoms with E-state index in [-0.39, 0.29) is 12.4 Å². The molecule has 0 spiro atoms. The molecule has 8 heteroatoms. The van der Waals surface area contributed by atoms with Gasteiger partial charge in [0.25, 0.3) is 0 Å². The van der Waals surface area contributed by atoms with Crippen molar-refractivity contribution in [2.45, 2.75) is 6.92 Å². The SMILES string of the molecule is Cc1cccc(C(=O)COc2cc(N3CCOCC3)n3nc(-c4ccncc4)cc3n2)c1. The Hall–Kier alpha value is -3.78. The number of aromatic nitrogens is 4. The van der Waals surface area contributed by atoms with E-state index < -0.39 is 0 Å². The molecule has 4 aromatic rings. The van der Waals surface area contributed by atoms with Crippen molar-refractivity contribution in [3.05, 3.63) is 72.1 Å². The molecule has 1 aromatic carbocycles. The predicted molar refractivity (Wildman–Crippen MR) is 120 cm³/mol. The number of benzene rings is 1. The first kappa shape index (κ1) is 20.1. The number of fused-ring (bicyclic) bond motifs is 1. The molecule has 32 heavy (non-hydrogen) atoms. The molecule has 0 unspecified atom stereocenters. The van der Waals surface area contributed by atoms with Gasteiger partial charge in [-0.05, 0) is 25.1 Å². The number of hydrogen-bond donors (Lipinski definition) is 0. The molecule has 1 aliphatic heterocycles. The van der Waals surface area contributed by atoms with Crippen molar-refractivity contribution in [3.8, 4) is 17.1 Å². The smallest absolute Gasteiger partial charge is 0.219 e. The fraction of sp³-hybridized carbons (Fsp3) is 0.250. The van der Waals surface area contributed by atoms with Crippen LogP contribution in [0.4, 0.5) is 5.82 Å². The fourth-order valence-corrected chi connectivity index (χ4v) is 3.73. The van der Waals surface area contributed by atoms with Crippen LogP contribution in [0.1, 0.15) is 15.9 Å². The van der Waals surface area contributed by atoms with Crippen LogP contribution in [0.3, 0.4) is 0 Å². The van der Waals surface area contributed by atoms with Crippen molar-refractivity contribution in [1.82, 2.24) is 19.6 Å². The maximum atomic E-state index is 12.6. The molecule has 1 saturated heterocycles. The van der Waals surface area contributed by atoms with Crippen LogP contribution < -0.4 is 9.64 Å². The van der Waals surface area contributed by atoms with E-state index in [0.717, 1.165) is 35.7 Å². The molecule has 8 nitrogen and oxygen atoms in total. The van der Waals surface area contributed by atoms with Gasteiger partial charge < -0.3 is 14.4 Å². The number of morpholine rings is 1. The summed E-state index contributed by atoms with van der Waals surface area (Å²) in [5, 5.41) is 4.77. The third-order valence-corrected chi connectivity index (χ3v) is 5.39. The molecule has 0 aliphatic carbocycles. The molecular weight excluding hydrogens is 406 g/mol. The van der Waals surface area contributed by atoms with Crippen molar-refractivity contribution in [2.24, 2.45) is 0 Å². The second-order valence-electron chi connectivity index (χ2n) is 7.67. The Morgan fingerprint density at radius 3 is 2.69 bits per heavy atom. The Bertz CT molecular complexity index is 1250. The average molecular weight is 429 g/mol. The summed E-state index contributed by atoms with van der Waals surface area (Å²) in [6.07, 6.45) is 3.47. The minimum Gasteiger partial charge on any atom is -0.469 e. The maximum Gasteiger partial charge on any atom is 0.219 e. The Morgan fingerprint density at radius 2 is 1.91 bits per heavy atom. The number of nitrogens with zero attached hydrogens (tertiary/aromatic N) is 5. The van der Waals surface area contributed by atoms with E-state index in [1.165, 1.54) is 0 Å². The van der Waals surface area contributed by atoms with Crippen LogP contribution >= 0.6 is 0 Å². The van der Waals surface area contributed by atoms with Crippen LogP contribution in [-0.4, -0.2) is 58.3 Å².